The van der Waals surface area contributed by atoms with E-state index in [1.807, 2.05) is 13.0 Å². The van der Waals surface area contributed by atoms with E-state index in [0.29, 0.717) is 0 Å². The van der Waals surface area contributed by atoms with Crippen LogP contribution in [0.25, 0.3) is 5.57 Å². The molecule has 0 nitrogen and oxygen atoms in total. The maximum atomic E-state index is 2.26. The fraction of sp³-hybridized carbons (Fsp3) is 0.357. The van der Waals surface area contributed by atoms with Gasteiger partial charge in [-0.25, -0.2) is 0 Å². The third-order valence-corrected chi connectivity index (χ3v) is 4.99. The van der Waals surface area contributed by atoms with Crippen LogP contribution >= 0.6 is 0 Å². The summed E-state index contributed by atoms with van der Waals surface area (Å²) in [5, 5.41) is 0. The van der Waals surface area contributed by atoms with Gasteiger partial charge < -0.3 is 0 Å². The van der Waals surface area contributed by atoms with E-state index in [0.717, 1.165) is 0 Å². The molecule has 28 heavy (non-hydrogen) atoms. The zero-order valence-corrected chi connectivity index (χ0v) is 18.8. The van der Waals surface area contributed by atoms with Crippen molar-refractivity contribution in [1.29, 1.82) is 0 Å². The first kappa shape index (κ1) is 23.7. The highest BCUT2D eigenvalue weighted by Crippen LogP contribution is 2.24. The van der Waals surface area contributed by atoms with Gasteiger partial charge in [0.05, 0.1) is 0 Å². The molecule has 0 spiro atoms. The monoisotopic (exact) mass is 374 g/mol. The van der Waals surface area contributed by atoms with E-state index in [1.165, 1.54) is 48.0 Å². The van der Waals surface area contributed by atoms with Crippen molar-refractivity contribution in [2.24, 2.45) is 0 Å². The Balaban J connectivity index is 0.000000292. The molecular weight excluding hydrogens is 336 g/mol. The van der Waals surface area contributed by atoms with E-state index in [1.54, 1.807) is 11.1 Å². The van der Waals surface area contributed by atoms with E-state index >= 15 is 0 Å². The van der Waals surface area contributed by atoms with Crippen molar-refractivity contribution in [3.05, 3.63) is 101 Å². The lowest BCUT2D eigenvalue weighted by molar-refractivity contribution is 0.683. The summed E-state index contributed by atoms with van der Waals surface area (Å²) in [7, 11) is 0. The minimum absolute atomic E-state index is 1.28. The SMILES string of the molecule is C/C=C(C)\C=C/C(=C(C)C)c1ccccc1.C/C=C\C=C/C1=C(C)CCCC1. The molecule has 0 saturated heterocycles. The standard InChI is InChI=1S/C16H20.C12H18/c1-5-14(4)11-12-16(13(2)3)15-9-7-6-8-10-15;1-3-4-5-9-12-10-7-6-8-11(12)2/h5-12H,1-4H3;3-5,9H,6-8,10H2,1-2H3/b12-11-,14-5-;4-3-,9-5-. The van der Waals surface area contributed by atoms with Crippen LogP contribution in [0, 0.1) is 0 Å². The third kappa shape index (κ3) is 9.04. The summed E-state index contributed by atoms with van der Waals surface area (Å²) in [4.78, 5) is 0. The first-order valence-corrected chi connectivity index (χ1v) is 10.5. The molecule has 0 heteroatoms. The van der Waals surface area contributed by atoms with Crippen LogP contribution in [0.5, 0.6) is 0 Å². The zero-order chi connectivity index (χ0) is 20.8. The Morgan fingerprint density at radius 3 is 2.11 bits per heavy atom. The number of benzene rings is 1. The van der Waals surface area contributed by atoms with E-state index < -0.39 is 0 Å². The molecule has 1 aliphatic carbocycles. The van der Waals surface area contributed by atoms with Crippen LogP contribution in [0.2, 0.25) is 0 Å². The molecule has 0 fully saturated rings. The molecule has 150 valence electrons. The van der Waals surface area contributed by atoms with E-state index in [-0.39, 0.29) is 0 Å². The highest BCUT2D eigenvalue weighted by molar-refractivity contribution is 5.76. The fourth-order valence-corrected chi connectivity index (χ4v) is 3.07. The van der Waals surface area contributed by atoms with Crippen LogP contribution in [-0.4, -0.2) is 0 Å². The van der Waals surface area contributed by atoms with Crippen molar-refractivity contribution in [3.63, 3.8) is 0 Å². The van der Waals surface area contributed by atoms with Crippen LogP contribution in [0.15, 0.2) is 95.2 Å². The van der Waals surface area contributed by atoms with Crippen LogP contribution < -0.4 is 0 Å². The molecule has 0 unspecified atom stereocenters. The minimum atomic E-state index is 1.28. The average molecular weight is 375 g/mol. The summed E-state index contributed by atoms with van der Waals surface area (Å²) in [5.74, 6) is 0. The second-order valence-electron chi connectivity index (χ2n) is 7.54. The van der Waals surface area contributed by atoms with Crippen molar-refractivity contribution >= 4 is 5.57 Å². The maximum absolute atomic E-state index is 2.26. The quantitative estimate of drug-likeness (QED) is 0.451. The van der Waals surface area contributed by atoms with Crippen molar-refractivity contribution in [2.45, 2.75) is 67.2 Å². The molecule has 0 amide bonds. The first-order valence-electron chi connectivity index (χ1n) is 10.5. The van der Waals surface area contributed by atoms with Gasteiger partial charge in [-0.3, -0.25) is 0 Å². The van der Waals surface area contributed by atoms with E-state index in [2.05, 4.69) is 101 Å². The minimum Gasteiger partial charge on any atom is -0.0877 e. The first-order chi connectivity index (χ1) is 13.5. The lowest BCUT2D eigenvalue weighted by atomic mass is 9.92. The Hall–Kier alpha value is -2.34. The summed E-state index contributed by atoms with van der Waals surface area (Å²) in [6, 6.07) is 10.5. The summed E-state index contributed by atoms with van der Waals surface area (Å²) in [6.07, 6.45) is 20.4. The molecule has 0 heterocycles. The highest BCUT2D eigenvalue weighted by Gasteiger charge is 2.05. The molecule has 0 radical (unpaired) electrons. The molecular formula is C28H38. The van der Waals surface area contributed by atoms with Crippen LogP contribution in [0.1, 0.15) is 72.8 Å². The Kier molecular flexibility index (Phi) is 11.7. The van der Waals surface area contributed by atoms with Crippen molar-refractivity contribution in [3.8, 4) is 0 Å². The van der Waals surface area contributed by atoms with Gasteiger partial charge in [0.1, 0.15) is 0 Å². The molecule has 0 bridgehead atoms. The van der Waals surface area contributed by atoms with Crippen molar-refractivity contribution in [2.75, 3.05) is 0 Å². The topological polar surface area (TPSA) is 0 Å². The molecule has 1 aromatic carbocycles. The van der Waals surface area contributed by atoms with Crippen LogP contribution in [0.3, 0.4) is 0 Å². The number of allylic oxidation sites excluding steroid dienone is 12. The molecule has 0 aliphatic heterocycles. The second-order valence-corrected chi connectivity index (χ2v) is 7.54. The molecule has 0 aromatic heterocycles. The summed E-state index contributed by atoms with van der Waals surface area (Å²) in [5.41, 5.74) is 8.35. The number of hydrogen-bond donors (Lipinski definition) is 0. The number of hydrogen-bond acceptors (Lipinski definition) is 0. The summed E-state index contributed by atoms with van der Waals surface area (Å²) in [6.45, 7) is 12.8. The molecule has 0 N–H and O–H groups in total. The van der Waals surface area contributed by atoms with Crippen molar-refractivity contribution < 1.29 is 0 Å². The Morgan fingerprint density at radius 2 is 1.54 bits per heavy atom. The second kappa shape index (κ2) is 13.8. The van der Waals surface area contributed by atoms with Gasteiger partial charge in [-0.05, 0) is 83.9 Å². The van der Waals surface area contributed by atoms with Crippen molar-refractivity contribution in [1.82, 2.24) is 0 Å². The predicted molar refractivity (Wildman–Crippen MR) is 128 cm³/mol. The van der Waals surface area contributed by atoms with Gasteiger partial charge in [-0.15, -0.1) is 0 Å². The van der Waals surface area contributed by atoms with Gasteiger partial charge in [0.2, 0.25) is 0 Å². The summed E-state index contributed by atoms with van der Waals surface area (Å²) < 4.78 is 0. The molecule has 0 atom stereocenters. The van der Waals surface area contributed by atoms with Gasteiger partial charge >= 0.3 is 0 Å². The third-order valence-electron chi connectivity index (χ3n) is 4.99. The Morgan fingerprint density at radius 1 is 0.857 bits per heavy atom. The smallest absolute Gasteiger partial charge is 0.0185 e. The van der Waals surface area contributed by atoms with Gasteiger partial charge in [-0.2, -0.15) is 0 Å². The fourth-order valence-electron chi connectivity index (χ4n) is 3.07. The highest BCUT2D eigenvalue weighted by atomic mass is 14.1. The Bertz CT molecular complexity index is 758. The molecule has 0 saturated carbocycles. The molecule has 1 aliphatic rings. The average Bonchev–Trinajstić information content (AvgIpc) is 2.70. The van der Waals surface area contributed by atoms with Crippen LogP contribution in [0.4, 0.5) is 0 Å². The lowest BCUT2D eigenvalue weighted by Crippen LogP contribution is -1.94. The largest absolute Gasteiger partial charge is 0.0877 e. The van der Waals surface area contributed by atoms with Gasteiger partial charge in [-0.1, -0.05) is 89.6 Å². The number of rotatable bonds is 5. The predicted octanol–water partition coefficient (Wildman–Crippen LogP) is 9.01. The van der Waals surface area contributed by atoms with Gasteiger partial charge in [0, 0.05) is 0 Å². The van der Waals surface area contributed by atoms with E-state index in [9.17, 15) is 0 Å². The van der Waals surface area contributed by atoms with Gasteiger partial charge in [0.25, 0.3) is 0 Å². The Labute approximate surface area is 173 Å². The summed E-state index contributed by atoms with van der Waals surface area (Å²) >= 11 is 0. The normalized spacial score (nSPS) is 15.3. The molecule has 1 aromatic rings. The maximum Gasteiger partial charge on any atom is -0.0185 e. The zero-order valence-electron chi connectivity index (χ0n) is 18.8. The van der Waals surface area contributed by atoms with Crippen LogP contribution in [-0.2, 0) is 0 Å². The lowest BCUT2D eigenvalue weighted by Gasteiger charge is -2.13. The molecule has 2 rings (SSSR count). The van der Waals surface area contributed by atoms with Gasteiger partial charge in [0.15, 0.2) is 0 Å². The van der Waals surface area contributed by atoms with E-state index in [4.69, 9.17) is 0 Å².